The van der Waals surface area contributed by atoms with Crippen molar-refractivity contribution in [2.45, 2.75) is 34.2 Å². The Morgan fingerprint density at radius 1 is 1.00 bits per heavy atom. The van der Waals surface area contributed by atoms with Gasteiger partial charge in [0, 0.05) is 16.6 Å². The van der Waals surface area contributed by atoms with Gasteiger partial charge in [0.1, 0.15) is 12.1 Å². The van der Waals surface area contributed by atoms with Crippen LogP contribution in [0.25, 0.3) is 16.6 Å². The lowest BCUT2D eigenvalue weighted by atomic mass is 10.1. The molecule has 0 unspecified atom stereocenters. The molecule has 1 N–H and O–H groups in total. The summed E-state index contributed by atoms with van der Waals surface area (Å²) >= 11 is 0. The molecule has 1 amide bonds. The molecule has 0 aliphatic carbocycles. The Kier molecular flexibility index (Phi) is 5.44. The zero-order chi connectivity index (χ0) is 23.0. The standard InChI is InChI=1S/C24H23N5O3/c1-14-5-10-20(11-15(14)2)29-23-21(12-25-29)16(3)27-28(24(23)32)13-22(31)26-19-8-6-18(7-9-19)17(4)30/h5-12H,13H2,1-4H3,(H,26,31). The van der Waals surface area contributed by atoms with Crippen LogP contribution in [0.2, 0.25) is 0 Å². The average molecular weight is 429 g/mol. The average Bonchev–Trinajstić information content (AvgIpc) is 3.20. The number of amides is 1. The second-order valence-electron chi connectivity index (χ2n) is 7.82. The molecule has 2 aromatic carbocycles. The third-order valence-corrected chi connectivity index (χ3v) is 5.47. The molecule has 8 nitrogen and oxygen atoms in total. The number of anilines is 1. The van der Waals surface area contributed by atoms with E-state index in [0.717, 1.165) is 21.5 Å². The molecule has 2 heterocycles. The first-order valence-electron chi connectivity index (χ1n) is 10.2. The number of aromatic nitrogens is 4. The molecular formula is C24H23N5O3. The highest BCUT2D eigenvalue weighted by molar-refractivity contribution is 5.95. The summed E-state index contributed by atoms with van der Waals surface area (Å²) in [6.07, 6.45) is 1.62. The van der Waals surface area contributed by atoms with Crippen LogP contribution in [0.4, 0.5) is 5.69 Å². The van der Waals surface area contributed by atoms with Crippen molar-refractivity contribution < 1.29 is 9.59 Å². The van der Waals surface area contributed by atoms with E-state index in [9.17, 15) is 14.4 Å². The van der Waals surface area contributed by atoms with E-state index in [4.69, 9.17) is 0 Å². The fourth-order valence-electron chi connectivity index (χ4n) is 3.51. The Balaban J connectivity index is 1.66. The van der Waals surface area contributed by atoms with Gasteiger partial charge in [0.25, 0.3) is 5.56 Å². The van der Waals surface area contributed by atoms with Crippen molar-refractivity contribution in [2.24, 2.45) is 0 Å². The minimum atomic E-state index is -0.400. The summed E-state index contributed by atoms with van der Waals surface area (Å²) in [5, 5.41) is 12.1. The monoisotopic (exact) mass is 429 g/mol. The van der Waals surface area contributed by atoms with Gasteiger partial charge in [-0.05, 0) is 75.2 Å². The van der Waals surface area contributed by atoms with Crippen molar-refractivity contribution in [3.8, 4) is 5.69 Å². The van der Waals surface area contributed by atoms with E-state index in [1.807, 2.05) is 32.0 Å². The van der Waals surface area contributed by atoms with E-state index in [-0.39, 0.29) is 12.3 Å². The molecule has 0 bridgehead atoms. The van der Waals surface area contributed by atoms with Crippen LogP contribution in [-0.2, 0) is 11.3 Å². The van der Waals surface area contributed by atoms with Crippen LogP contribution in [0, 0.1) is 20.8 Å². The molecule has 0 saturated carbocycles. The first kappa shape index (κ1) is 21.2. The van der Waals surface area contributed by atoms with Gasteiger partial charge in [-0.1, -0.05) is 6.07 Å². The molecule has 0 aliphatic heterocycles. The third kappa shape index (κ3) is 3.94. The van der Waals surface area contributed by atoms with Crippen LogP contribution in [0.1, 0.15) is 34.1 Å². The van der Waals surface area contributed by atoms with E-state index < -0.39 is 11.5 Å². The highest BCUT2D eigenvalue weighted by Gasteiger charge is 2.17. The van der Waals surface area contributed by atoms with E-state index >= 15 is 0 Å². The summed E-state index contributed by atoms with van der Waals surface area (Å²) in [6.45, 7) is 7.04. The largest absolute Gasteiger partial charge is 0.324 e. The number of carbonyl (C=O) groups is 2. The molecule has 0 radical (unpaired) electrons. The smallest absolute Gasteiger partial charge is 0.293 e. The molecule has 4 aromatic rings. The lowest BCUT2D eigenvalue weighted by Gasteiger charge is -2.10. The molecule has 162 valence electrons. The second kappa shape index (κ2) is 8.22. The van der Waals surface area contributed by atoms with Crippen LogP contribution in [0.3, 0.4) is 0 Å². The predicted molar refractivity (Wildman–Crippen MR) is 122 cm³/mol. The fourth-order valence-corrected chi connectivity index (χ4v) is 3.51. The second-order valence-corrected chi connectivity index (χ2v) is 7.82. The lowest BCUT2D eigenvalue weighted by Crippen LogP contribution is -2.31. The summed E-state index contributed by atoms with van der Waals surface area (Å²) in [4.78, 5) is 37.2. The van der Waals surface area contributed by atoms with Gasteiger partial charge in [-0.15, -0.1) is 0 Å². The van der Waals surface area contributed by atoms with Crippen molar-refractivity contribution in [2.75, 3.05) is 5.32 Å². The topological polar surface area (TPSA) is 98.9 Å². The zero-order valence-electron chi connectivity index (χ0n) is 18.3. The molecule has 2 aromatic heterocycles. The summed E-state index contributed by atoms with van der Waals surface area (Å²) in [7, 11) is 0. The van der Waals surface area contributed by atoms with Crippen LogP contribution in [-0.4, -0.2) is 31.3 Å². The number of Topliss-reactive ketones (excluding diaryl/α,β-unsaturated/α-hetero) is 1. The van der Waals surface area contributed by atoms with Crippen LogP contribution in [0.5, 0.6) is 0 Å². The molecule has 4 rings (SSSR count). The summed E-state index contributed by atoms with van der Waals surface area (Å²) < 4.78 is 2.74. The highest BCUT2D eigenvalue weighted by Crippen LogP contribution is 2.19. The Labute approximate surface area is 184 Å². The molecule has 0 saturated heterocycles. The quantitative estimate of drug-likeness (QED) is 0.491. The van der Waals surface area contributed by atoms with Crippen molar-refractivity contribution in [3.05, 3.63) is 81.4 Å². The van der Waals surface area contributed by atoms with Crippen LogP contribution < -0.4 is 10.9 Å². The Hall–Kier alpha value is -4.07. The third-order valence-electron chi connectivity index (χ3n) is 5.47. The maximum Gasteiger partial charge on any atom is 0.293 e. The number of hydrogen-bond donors (Lipinski definition) is 1. The predicted octanol–water partition coefficient (Wildman–Crippen LogP) is 3.35. The zero-order valence-corrected chi connectivity index (χ0v) is 18.3. The Morgan fingerprint density at radius 2 is 1.72 bits per heavy atom. The summed E-state index contributed by atoms with van der Waals surface area (Å²) in [6, 6.07) is 12.4. The number of aryl methyl sites for hydroxylation is 3. The van der Waals surface area contributed by atoms with Crippen LogP contribution >= 0.6 is 0 Å². The van der Waals surface area contributed by atoms with E-state index in [0.29, 0.717) is 27.8 Å². The van der Waals surface area contributed by atoms with E-state index in [1.165, 1.54) is 6.92 Å². The fraction of sp³-hybridized carbons (Fsp3) is 0.208. The van der Waals surface area contributed by atoms with Crippen LogP contribution in [0.15, 0.2) is 53.5 Å². The molecule has 0 spiro atoms. The van der Waals surface area contributed by atoms with Gasteiger partial charge in [0.2, 0.25) is 5.91 Å². The number of carbonyl (C=O) groups excluding carboxylic acids is 2. The number of ketones is 1. The number of nitrogens with zero attached hydrogens (tertiary/aromatic N) is 4. The first-order chi connectivity index (χ1) is 15.2. The normalized spacial score (nSPS) is 11.0. The van der Waals surface area contributed by atoms with Gasteiger partial charge < -0.3 is 5.32 Å². The molecule has 0 atom stereocenters. The Bertz CT molecular complexity index is 1410. The summed E-state index contributed by atoms with van der Waals surface area (Å²) in [5.41, 5.74) is 4.68. The molecule has 0 aliphatic rings. The van der Waals surface area contributed by atoms with Crippen molar-refractivity contribution in [1.82, 2.24) is 19.6 Å². The molecular weight excluding hydrogens is 406 g/mol. The van der Waals surface area contributed by atoms with Gasteiger partial charge in [0.05, 0.1) is 17.6 Å². The minimum Gasteiger partial charge on any atom is -0.324 e. The van der Waals surface area contributed by atoms with Gasteiger partial charge in [0.15, 0.2) is 5.78 Å². The highest BCUT2D eigenvalue weighted by atomic mass is 16.2. The first-order valence-corrected chi connectivity index (χ1v) is 10.2. The number of rotatable bonds is 5. The maximum atomic E-state index is 13.2. The number of nitrogens with one attached hydrogen (secondary N) is 1. The van der Waals surface area contributed by atoms with Gasteiger partial charge in [-0.2, -0.15) is 10.2 Å². The van der Waals surface area contributed by atoms with Gasteiger partial charge in [-0.3, -0.25) is 14.4 Å². The molecule has 0 fully saturated rings. The van der Waals surface area contributed by atoms with Gasteiger partial charge in [-0.25, -0.2) is 9.36 Å². The van der Waals surface area contributed by atoms with Crippen molar-refractivity contribution >= 4 is 28.3 Å². The maximum absolute atomic E-state index is 13.2. The van der Waals surface area contributed by atoms with E-state index in [2.05, 4.69) is 15.5 Å². The molecule has 8 heteroatoms. The van der Waals surface area contributed by atoms with Gasteiger partial charge >= 0.3 is 0 Å². The SMILES string of the molecule is CC(=O)c1ccc(NC(=O)Cn2nc(C)c3cnn(-c4ccc(C)c(C)c4)c3c2=O)cc1. The molecule has 32 heavy (non-hydrogen) atoms. The minimum absolute atomic E-state index is 0.0530. The number of benzene rings is 2. The van der Waals surface area contributed by atoms with E-state index in [1.54, 1.807) is 42.1 Å². The number of fused-ring (bicyclic) bond motifs is 1. The number of hydrogen-bond acceptors (Lipinski definition) is 5. The van der Waals surface area contributed by atoms with Crippen molar-refractivity contribution in [3.63, 3.8) is 0 Å². The van der Waals surface area contributed by atoms with Crippen molar-refractivity contribution in [1.29, 1.82) is 0 Å². The summed E-state index contributed by atoms with van der Waals surface area (Å²) in [5.74, 6) is -0.450. The Morgan fingerprint density at radius 3 is 2.38 bits per heavy atom. The lowest BCUT2D eigenvalue weighted by molar-refractivity contribution is -0.117.